The predicted octanol–water partition coefficient (Wildman–Crippen LogP) is 3.59. The summed E-state index contributed by atoms with van der Waals surface area (Å²) in [6.45, 7) is 1.90. The molecule has 0 amide bonds. The van der Waals surface area contributed by atoms with E-state index in [0.717, 1.165) is 24.2 Å². The van der Waals surface area contributed by atoms with Gasteiger partial charge in [0, 0.05) is 17.7 Å². The number of hydrogen-bond acceptors (Lipinski definition) is 5. The molecule has 3 rings (SSSR count). The Balaban J connectivity index is 1.94. The van der Waals surface area contributed by atoms with Crippen LogP contribution in [-0.2, 0) is 0 Å². The molecular weight excluding hydrogens is 337 g/mol. The van der Waals surface area contributed by atoms with Crippen molar-refractivity contribution in [1.29, 1.82) is 0 Å². The molecule has 1 aliphatic carbocycles. The third kappa shape index (κ3) is 3.14. The molecule has 0 saturated heterocycles. The Bertz CT molecular complexity index is 687. The van der Waals surface area contributed by atoms with E-state index in [1.54, 1.807) is 12.1 Å². The number of nitrogens with zero attached hydrogens (tertiary/aromatic N) is 2. The van der Waals surface area contributed by atoms with Crippen LogP contribution in [0, 0.1) is 12.7 Å². The van der Waals surface area contributed by atoms with Gasteiger partial charge in [0.1, 0.15) is 23.3 Å². The van der Waals surface area contributed by atoms with Crippen LogP contribution in [0.2, 0.25) is 0 Å². The predicted molar refractivity (Wildman–Crippen MR) is 83.9 cm³/mol. The number of nitrogen functional groups attached to an aromatic ring is 1. The van der Waals surface area contributed by atoms with Crippen molar-refractivity contribution in [2.45, 2.75) is 25.7 Å². The molecule has 1 aliphatic rings. The van der Waals surface area contributed by atoms with E-state index < -0.39 is 0 Å². The molecule has 1 aromatic carbocycles. The first-order chi connectivity index (χ1) is 10.1. The molecule has 1 heterocycles. The average molecular weight is 352 g/mol. The highest BCUT2D eigenvalue weighted by molar-refractivity contribution is 9.10. The van der Waals surface area contributed by atoms with Crippen LogP contribution >= 0.6 is 15.9 Å². The standard InChI is InChI=1S/C14H15BrFN5/c1-7-4-9(15)10(16)5-11(7)18-12-6-13(21-17)20-14(19-12)8-2-3-8/h4-6,8H,2-3,17H2,1H3,(H2,18,19,20,21). The summed E-state index contributed by atoms with van der Waals surface area (Å²) in [6.07, 6.45) is 2.19. The van der Waals surface area contributed by atoms with Gasteiger partial charge in [-0.25, -0.2) is 20.2 Å². The van der Waals surface area contributed by atoms with Crippen molar-refractivity contribution < 1.29 is 4.39 Å². The Kier molecular flexibility index (Phi) is 3.77. The minimum absolute atomic E-state index is 0.322. The average Bonchev–Trinajstić information content (AvgIpc) is 3.29. The summed E-state index contributed by atoms with van der Waals surface area (Å²) in [7, 11) is 0. The number of hydrogen-bond donors (Lipinski definition) is 3. The third-order valence-corrected chi connectivity index (χ3v) is 3.97. The summed E-state index contributed by atoms with van der Waals surface area (Å²) < 4.78 is 14.1. The van der Waals surface area contributed by atoms with Crippen molar-refractivity contribution in [2.75, 3.05) is 10.7 Å². The van der Waals surface area contributed by atoms with Gasteiger partial charge in [-0.3, -0.25) is 0 Å². The Labute approximate surface area is 130 Å². The van der Waals surface area contributed by atoms with Gasteiger partial charge in [-0.1, -0.05) is 0 Å². The summed E-state index contributed by atoms with van der Waals surface area (Å²) >= 11 is 3.17. The van der Waals surface area contributed by atoms with Crippen LogP contribution in [0.3, 0.4) is 0 Å². The topological polar surface area (TPSA) is 75.9 Å². The highest BCUT2D eigenvalue weighted by Gasteiger charge is 2.27. The second kappa shape index (κ2) is 5.57. The van der Waals surface area contributed by atoms with Crippen molar-refractivity contribution in [1.82, 2.24) is 9.97 Å². The van der Waals surface area contributed by atoms with Gasteiger partial charge in [0.25, 0.3) is 0 Å². The second-order valence-electron chi connectivity index (χ2n) is 5.12. The van der Waals surface area contributed by atoms with Crippen LogP contribution < -0.4 is 16.6 Å². The Hall–Kier alpha value is -1.73. The van der Waals surface area contributed by atoms with Crippen molar-refractivity contribution in [3.8, 4) is 0 Å². The summed E-state index contributed by atoms with van der Waals surface area (Å²) in [5.74, 6) is 7.44. The minimum Gasteiger partial charge on any atom is -0.340 e. The molecule has 7 heteroatoms. The minimum atomic E-state index is -0.322. The van der Waals surface area contributed by atoms with E-state index in [-0.39, 0.29) is 5.82 Å². The van der Waals surface area contributed by atoms with Crippen molar-refractivity contribution in [3.63, 3.8) is 0 Å². The second-order valence-corrected chi connectivity index (χ2v) is 5.98. The number of nitrogens with two attached hydrogens (primary N) is 1. The Morgan fingerprint density at radius 2 is 1.95 bits per heavy atom. The van der Waals surface area contributed by atoms with Crippen LogP contribution in [-0.4, -0.2) is 9.97 Å². The van der Waals surface area contributed by atoms with Gasteiger partial charge in [-0.2, -0.15) is 0 Å². The van der Waals surface area contributed by atoms with E-state index in [0.29, 0.717) is 27.7 Å². The molecule has 0 aliphatic heterocycles. The molecule has 1 aromatic heterocycles. The molecule has 4 N–H and O–H groups in total. The largest absolute Gasteiger partial charge is 0.340 e. The number of nitrogens with one attached hydrogen (secondary N) is 2. The van der Waals surface area contributed by atoms with E-state index in [1.165, 1.54) is 6.07 Å². The maximum Gasteiger partial charge on any atom is 0.145 e. The van der Waals surface area contributed by atoms with Crippen molar-refractivity contribution >= 4 is 33.3 Å². The van der Waals surface area contributed by atoms with Crippen LogP contribution in [0.25, 0.3) is 0 Å². The number of halogens is 2. The third-order valence-electron chi connectivity index (χ3n) is 3.36. The van der Waals surface area contributed by atoms with Crippen molar-refractivity contribution in [3.05, 3.63) is 39.9 Å². The zero-order valence-corrected chi connectivity index (χ0v) is 13.0. The molecule has 0 bridgehead atoms. The summed E-state index contributed by atoms with van der Waals surface area (Å²) in [5.41, 5.74) is 4.12. The first kappa shape index (κ1) is 14.2. The molecule has 5 nitrogen and oxygen atoms in total. The van der Waals surface area contributed by atoms with E-state index in [2.05, 4.69) is 36.6 Å². The van der Waals surface area contributed by atoms with E-state index in [4.69, 9.17) is 5.84 Å². The maximum atomic E-state index is 13.7. The summed E-state index contributed by atoms with van der Waals surface area (Å²) in [4.78, 5) is 8.82. The zero-order valence-electron chi connectivity index (χ0n) is 11.5. The van der Waals surface area contributed by atoms with Gasteiger partial charge < -0.3 is 10.7 Å². The van der Waals surface area contributed by atoms with Crippen LogP contribution in [0.4, 0.5) is 21.7 Å². The number of rotatable bonds is 4. The molecule has 21 heavy (non-hydrogen) atoms. The Morgan fingerprint density at radius 1 is 1.24 bits per heavy atom. The van der Waals surface area contributed by atoms with Crippen LogP contribution in [0.1, 0.15) is 30.1 Å². The number of anilines is 3. The van der Waals surface area contributed by atoms with E-state index >= 15 is 0 Å². The lowest BCUT2D eigenvalue weighted by Gasteiger charge is -2.12. The van der Waals surface area contributed by atoms with Crippen LogP contribution in [0.5, 0.6) is 0 Å². The van der Waals surface area contributed by atoms with Crippen molar-refractivity contribution in [2.24, 2.45) is 5.84 Å². The quantitative estimate of drug-likeness (QED) is 0.579. The lowest BCUT2D eigenvalue weighted by Crippen LogP contribution is -2.11. The van der Waals surface area contributed by atoms with Crippen LogP contribution in [0.15, 0.2) is 22.7 Å². The molecule has 1 fully saturated rings. The Morgan fingerprint density at radius 3 is 2.62 bits per heavy atom. The molecule has 0 atom stereocenters. The zero-order chi connectivity index (χ0) is 15.0. The fourth-order valence-corrected chi connectivity index (χ4v) is 2.50. The van der Waals surface area contributed by atoms with Gasteiger partial charge in [0.15, 0.2) is 0 Å². The van der Waals surface area contributed by atoms with Gasteiger partial charge in [-0.15, -0.1) is 0 Å². The molecular formula is C14H15BrFN5. The monoisotopic (exact) mass is 351 g/mol. The molecule has 0 radical (unpaired) electrons. The van der Waals surface area contributed by atoms with E-state index in [1.807, 2.05) is 6.92 Å². The fraction of sp³-hybridized carbons (Fsp3) is 0.286. The molecule has 1 saturated carbocycles. The fourth-order valence-electron chi connectivity index (χ4n) is 2.05. The van der Waals surface area contributed by atoms with Gasteiger partial charge in [-0.05, 0) is 53.4 Å². The molecule has 110 valence electrons. The van der Waals surface area contributed by atoms with E-state index in [9.17, 15) is 4.39 Å². The molecule has 0 unspecified atom stereocenters. The van der Waals surface area contributed by atoms with Gasteiger partial charge in [0.2, 0.25) is 0 Å². The SMILES string of the molecule is Cc1cc(Br)c(F)cc1Nc1cc(NN)nc(C2CC2)n1. The number of aromatic nitrogens is 2. The molecule has 0 spiro atoms. The number of benzene rings is 1. The highest BCUT2D eigenvalue weighted by Crippen LogP contribution is 2.39. The molecule has 2 aromatic rings. The number of hydrazine groups is 1. The smallest absolute Gasteiger partial charge is 0.145 e. The number of aryl methyl sites for hydroxylation is 1. The lowest BCUT2D eigenvalue weighted by molar-refractivity contribution is 0.621. The first-order valence-corrected chi connectivity index (χ1v) is 7.44. The highest BCUT2D eigenvalue weighted by atomic mass is 79.9. The normalized spacial score (nSPS) is 14.1. The lowest BCUT2D eigenvalue weighted by atomic mass is 10.2. The summed E-state index contributed by atoms with van der Waals surface area (Å²) in [6, 6.07) is 4.86. The van der Waals surface area contributed by atoms with Gasteiger partial charge in [0.05, 0.1) is 4.47 Å². The van der Waals surface area contributed by atoms with Gasteiger partial charge >= 0.3 is 0 Å². The summed E-state index contributed by atoms with van der Waals surface area (Å²) in [5, 5.41) is 3.13. The first-order valence-electron chi connectivity index (χ1n) is 6.65. The maximum absolute atomic E-state index is 13.7.